The zero-order valence-electron chi connectivity index (χ0n) is 14.9. The zero-order valence-corrected chi connectivity index (χ0v) is 15.7. The van der Waals surface area contributed by atoms with Gasteiger partial charge in [-0.2, -0.15) is 10.2 Å². The van der Waals surface area contributed by atoms with Gasteiger partial charge in [0.25, 0.3) is 0 Å². The van der Waals surface area contributed by atoms with Crippen LogP contribution < -0.4 is 5.32 Å². The van der Waals surface area contributed by atoms with E-state index < -0.39 is 0 Å². The molecule has 3 aromatic rings. The smallest absolute Gasteiger partial charge is 0.248 e. The number of benzene rings is 1. The van der Waals surface area contributed by atoms with Gasteiger partial charge in [-0.3, -0.25) is 14.2 Å². The summed E-state index contributed by atoms with van der Waals surface area (Å²) in [5, 5.41) is 12.2. The van der Waals surface area contributed by atoms with E-state index in [1.54, 1.807) is 17.0 Å². The van der Waals surface area contributed by atoms with Gasteiger partial charge in [-0.05, 0) is 31.6 Å². The van der Waals surface area contributed by atoms with Gasteiger partial charge in [-0.25, -0.2) is 0 Å². The summed E-state index contributed by atoms with van der Waals surface area (Å²) >= 11 is 6.23. The van der Waals surface area contributed by atoms with E-state index in [1.807, 2.05) is 56.0 Å². The van der Waals surface area contributed by atoms with Gasteiger partial charge in [0, 0.05) is 29.9 Å². The third-order valence-corrected chi connectivity index (χ3v) is 4.43. The largest absolute Gasteiger partial charge is 0.319 e. The van der Waals surface area contributed by atoms with Gasteiger partial charge < -0.3 is 5.32 Å². The standard InChI is InChI=1S/C19H20ClN5O/c1-13-19(22-18(26)9-8-15-10-21-24(3)11-15)14(2)25(23-13)12-16-6-4-5-7-17(16)20/h4-11H,12H2,1-3H3,(H,22,26)/b9-8-. The van der Waals surface area contributed by atoms with Crippen LogP contribution in [-0.2, 0) is 18.4 Å². The Hall–Kier alpha value is -2.86. The van der Waals surface area contributed by atoms with Crippen molar-refractivity contribution in [1.82, 2.24) is 19.6 Å². The van der Waals surface area contributed by atoms with Gasteiger partial charge >= 0.3 is 0 Å². The fraction of sp³-hybridized carbons (Fsp3) is 0.211. The third-order valence-electron chi connectivity index (χ3n) is 4.06. The molecule has 0 spiro atoms. The van der Waals surface area contributed by atoms with Crippen LogP contribution in [-0.4, -0.2) is 25.5 Å². The summed E-state index contributed by atoms with van der Waals surface area (Å²) in [5.41, 5.74) is 4.21. The fourth-order valence-corrected chi connectivity index (χ4v) is 2.88. The molecule has 0 aliphatic carbocycles. The van der Waals surface area contributed by atoms with Crippen molar-refractivity contribution < 1.29 is 4.79 Å². The minimum absolute atomic E-state index is 0.211. The first-order chi connectivity index (χ1) is 12.4. The van der Waals surface area contributed by atoms with Crippen molar-refractivity contribution in [3.8, 4) is 0 Å². The zero-order chi connectivity index (χ0) is 18.7. The maximum atomic E-state index is 12.2. The molecule has 6 nitrogen and oxygen atoms in total. The molecule has 1 N–H and O–H groups in total. The lowest BCUT2D eigenvalue weighted by molar-refractivity contribution is -0.111. The van der Waals surface area contributed by atoms with Crippen LogP contribution >= 0.6 is 11.6 Å². The molecular weight excluding hydrogens is 350 g/mol. The average molecular weight is 370 g/mol. The molecule has 0 radical (unpaired) electrons. The van der Waals surface area contributed by atoms with Crippen LogP contribution in [0.15, 0.2) is 42.7 Å². The van der Waals surface area contributed by atoms with Crippen LogP contribution in [0.4, 0.5) is 5.69 Å². The predicted molar refractivity (Wildman–Crippen MR) is 103 cm³/mol. The first-order valence-electron chi connectivity index (χ1n) is 8.19. The monoisotopic (exact) mass is 369 g/mol. The van der Waals surface area contributed by atoms with E-state index in [-0.39, 0.29) is 5.91 Å². The lowest BCUT2D eigenvalue weighted by Crippen LogP contribution is -2.10. The second kappa shape index (κ2) is 7.58. The maximum Gasteiger partial charge on any atom is 0.248 e. The van der Waals surface area contributed by atoms with Gasteiger partial charge in [0.05, 0.1) is 29.8 Å². The lowest BCUT2D eigenvalue weighted by atomic mass is 10.2. The second-order valence-electron chi connectivity index (χ2n) is 6.06. The minimum Gasteiger partial charge on any atom is -0.319 e. The predicted octanol–water partition coefficient (Wildman–Crippen LogP) is 3.59. The Morgan fingerprint density at radius 3 is 2.77 bits per heavy atom. The molecule has 0 unspecified atom stereocenters. The molecule has 0 aliphatic heterocycles. The van der Waals surface area contributed by atoms with Crippen LogP contribution in [0.3, 0.4) is 0 Å². The van der Waals surface area contributed by atoms with Gasteiger partial charge in [-0.1, -0.05) is 29.8 Å². The highest BCUT2D eigenvalue weighted by atomic mass is 35.5. The number of nitrogens with one attached hydrogen (secondary N) is 1. The molecule has 3 rings (SSSR count). The maximum absolute atomic E-state index is 12.2. The second-order valence-corrected chi connectivity index (χ2v) is 6.47. The molecule has 0 saturated heterocycles. The summed E-state index contributed by atoms with van der Waals surface area (Å²) in [4.78, 5) is 12.2. The number of hydrogen-bond acceptors (Lipinski definition) is 3. The Balaban J connectivity index is 1.74. The number of anilines is 1. The van der Waals surface area contributed by atoms with Gasteiger partial charge in [0.15, 0.2) is 0 Å². The molecular formula is C19H20ClN5O. The molecule has 0 aliphatic rings. The normalized spacial score (nSPS) is 11.2. The molecule has 1 amide bonds. The number of halogens is 1. The van der Waals surface area contributed by atoms with Crippen molar-refractivity contribution in [3.63, 3.8) is 0 Å². The quantitative estimate of drug-likeness (QED) is 0.699. The number of aryl methyl sites for hydroxylation is 2. The highest BCUT2D eigenvalue weighted by molar-refractivity contribution is 6.31. The molecule has 0 bridgehead atoms. The Bertz CT molecular complexity index is 970. The molecule has 134 valence electrons. The van der Waals surface area contributed by atoms with Crippen molar-refractivity contribution in [3.05, 3.63) is 70.3 Å². The van der Waals surface area contributed by atoms with Crippen LogP contribution in [0.1, 0.15) is 22.5 Å². The summed E-state index contributed by atoms with van der Waals surface area (Å²) in [6.07, 6.45) is 6.74. The summed E-state index contributed by atoms with van der Waals surface area (Å²) in [5.74, 6) is -0.211. The van der Waals surface area contributed by atoms with Crippen molar-refractivity contribution in [2.75, 3.05) is 5.32 Å². The van der Waals surface area contributed by atoms with E-state index in [0.29, 0.717) is 11.6 Å². The molecule has 26 heavy (non-hydrogen) atoms. The minimum atomic E-state index is -0.211. The van der Waals surface area contributed by atoms with Gasteiger partial charge in [-0.15, -0.1) is 0 Å². The molecule has 1 aromatic carbocycles. The molecule has 2 aromatic heterocycles. The highest BCUT2D eigenvalue weighted by Crippen LogP contribution is 2.22. The van der Waals surface area contributed by atoms with Crippen LogP contribution in [0, 0.1) is 13.8 Å². The highest BCUT2D eigenvalue weighted by Gasteiger charge is 2.14. The Morgan fingerprint density at radius 2 is 2.08 bits per heavy atom. The summed E-state index contributed by atoms with van der Waals surface area (Å²) < 4.78 is 3.53. The van der Waals surface area contributed by atoms with E-state index in [4.69, 9.17) is 11.6 Å². The average Bonchev–Trinajstić information content (AvgIpc) is 3.13. The number of rotatable bonds is 5. The lowest BCUT2D eigenvalue weighted by Gasteiger charge is -2.07. The van der Waals surface area contributed by atoms with Gasteiger partial charge in [0.2, 0.25) is 5.91 Å². The fourth-order valence-electron chi connectivity index (χ4n) is 2.68. The first kappa shape index (κ1) is 17.9. The third kappa shape index (κ3) is 4.03. The van der Waals surface area contributed by atoms with E-state index in [9.17, 15) is 4.79 Å². The number of aromatic nitrogens is 4. The van der Waals surface area contributed by atoms with Crippen LogP contribution in [0.2, 0.25) is 5.02 Å². The Kier molecular flexibility index (Phi) is 5.23. The Labute approximate surface area is 157 Å². The molecule has 7 heteroatoms. The van der Waals surface area contributed by atoms with Crippen molar-refractivity contribution in [1.29, 1.82) is 0 Å². The summed E-state index contributed by atoms with van der Waals surface area (Å²) in [6.45, 7) is 4.35. The number of hydrogen-bond donors (Lipinski definition) is 1. The number of carbonyl (C=O) groups excluding carboxylic acids is 1. The first-order valence-corrected chi connectivity index (χ1v) is 8.57. The van der Waals surface area contributed by atoms with Crippen molar-refractivity contribution in [2.45, 2.75) is 20.4 Å². The topological polar surface area (TPSA) is 64.7 Å². The van der Waals surface area contributed by atoms with Gasteiger partial charge in [0.1, 0.15) is 0 Å². The van der Waals surface area contributed by atoms with E-state index in [1.165, 1.54) is 6.08 Å². The summed E-state index contributed by atoms with van der Waals surface area (Å²) in [6, 6.07) is 7.66. The van der Waals surface area contributed by atoms with E-state index in [2.05, 4.69) is 15.5 Å². The van der Waals surface area contributed by atoms with E-state index >= 15 is 0 Å². The number of nitrogens with zero attached hydrogens (tertiary/aromatic N) is 4. The molecule has 2 heterocycles. The van der Waals surface area contributed by atoms with Crippen LogP contribution in [0.25, 0.3) is 6.08 Å². The molecule has 0 saturated carbocycles. The number of carbonyl (C=O) groups is 1. The van der Waals surface area contributed by atoms with Crippen molar-refractivity contribution >= 4 is 29.3 Å². The Morgan fingerprint density at radius 1 is 1.31 bits per heavy atom. The van der Waals surface area contributed by atoms with Crippen molar-refractivity contribution in [2.24, 2.45) is 7.05 Å². The summed E-state index contributed by atoms with van der Waals surface area (Å²) in [7, 11) is 1.83. The molecule has 0 atom stereocenters. The van der Waals surface area contributed by atoms with Crippen LogP contribution in [0.5, 0.6) is 0 Å². The van der Waals surface area contributed by atoms with E-state index in [0.717, 1.165) is 28.2 Å². The number of amides is 1. The molecule has 0 fully saturated rings. The SMILES string of the molecule is Cc1nn(Cc2ccccc2Cl)c(C)c1NC(=O)/C=C\c1cnn(C)c1.